The lowest BCUT2D eigenvalue weighted by Crippen LogP contribution is -1.93. The zero-order valence-corrected chi connectivity index (χ0v) is 10.2. The minimum atomic E-state index is 0.589. The average molecular weight is 246 g/mol. The lowest BCUT2D eigenvalue weighted by Gasteiger charge is -2.03. The lowest BCUT2D eigenvalue weighted by atomic mass is 10.2. The van der Waals surface area contributed by atoms with Crippen molar-refractivity contribution in [3.63, 3.8) is 0 Å². The van der Waals surface area contributed by atoms with Gasteiger partial charge >= 0.3 is 0 Å². The zero-order valence-electron chi connectivity index (χ0n) is 9.37. The van der Waals surface area contributed by atoms with E-state index in [-0.39, 0.29) is 0 Å². The van der Waals surface area contributed by atoms with Gasteiger partial charge in [-0.2, -0.15) is 0 Å². The van der Waals surface area contributed by atoms with E-state index in [9.17, 15) is 0 Å². The molecule has 1 aromatic heterocycles. The molecule has 3 nitrogen and oxygen atoms in total. The van der Waals surface area contributed by atoms with Gasteiger partial charge in [0, 0.05) is 0 Å². The topological polar surface area (TPSA) is 48.1 Å². The Labute approximate surface area is 105 Å². The second kappa shape index (κ2) is 6.27. The molecule has 0 amide bonds. The van der Waals surface area contributed by atoms with Gasteiger partial charge in [-0.3, -0.25) is 0 Å². The summed E-state index contributed by atoms with van der Waals surface area (Å²) in [5.41, 5.74) is 7.41. The highest BCUT2D eigenvalue weighted by molar-refractivity contribution is 7.99. The number of aromatic nitrogens is 1. The Morgan fingerprint density at radius 2 is 1.94 bits per heavy atom. The molecule has 1 heterocycles. The summed E-state index contributed by atoms with van der Waals surface area (Å²) < 4.78 is 5.55. The summed E-state index contributed by atoms with van der Waals surface area (Å²) in [4.78, 5) is 4.18. The van der Waals surface area contributed by atoms with Gasteiger partial charge in [-0.1, -0.05) is 42.1 Å². The van der Waals surface area contributed by atoms with Crippen LogP contribution in [0.1, 0.15) is 5.56 Å². The molecule has 88 valence electrons. The molecule has 0 saturated carbocycles. The Bertz CT molecular complexity index is 445. The van der Waals surface area contributed by atoms with Crippen LogP contribution >= 0.6 is 11.8 Å². The summed E-state index contributed by atoms with van der Waals surface area (Å²) in [7, 11) is 0. The first-order chi connectivity index (χ1) is 8.34. The predicted molar refractivity (Wildman–Crippen MR) is 70.6 cm³/mol. The van der Waals surface area contributed by atoms with E-state index >= 15 is 0 Å². The van der Waals surface area contributed by atoms with Crippen molar-refractivity contribution in [2.45, 2.75) is 11.6 Å². The summed E-state index contributed by atoms with van der Waals surface area (Å²) in [6.45, 7) is 0.628. The van der Waals surface area contributed by atoms with Gasteiger partial charge in [0.15, 0.2) is 0 Å². The number of hydrogen-bond acceptors (Lipinski definition) is 4. The van der Waals surface area contributed by atoms with Crippen molar-refractivity contribution in [2.24, 2.45) is 0 Å². The maximum atomic E-state index is 5.55. The summed E-state index contributed by atoms with van der Waals surface area (Å²) in [5.74, 6) is 0.589. The molecule has 2 rings (SSSR count). The standard InChI is InChI=1S/C13H14N2OS/c14-12-6-7-13(15-8-12)17-10-16-9-11-4-2-1-3-5-11/h1-8H,9-10,14H2. The highest BCUT2D eigenvalue weighted by atomic mass is 32.2. The number of nitrogen functional groups attached to an aromatic ring is 1. The molecule has 0 aliphatic heterocycles. The molecular weight excluding hydrogens is 232 g/mol. The molecule has 0 aliphatic rings. The number of ether oxygens (including phenoxy) is 1. The van der Waals surface area contributed by atoms with Gasteiger partial charge in [0.05, 0.1) is 29.5 Å². The number of benzene rings is 1. The SMILES string of the molecule is Nc1ccc(SCOCc2ccccc2)nc1. The molecule has 0 atom stereocenters. The summed E-state index contributed by atoms with van der Waals surface area (Å²) in [6, 6.07) is 13.8. The molecule has 0 fully saturated rings. The Balaban J connectivity index is 1.71. The van der Waals surface area contributed by atoms with Crippen molar-refractivity contribution in [1.82, 2.24) is 4.98 Å². The van der Waals surface area contributed by atoms with Crippen molar-refractivity contribution in [2.75, 3.05) is 11.7 Å². The fourth-order valence-corrected chi connectivity index (χ4v) is 1.89. The highest BCUT2D eigenvalue weighted by Gasteiger charge is 1.96. The second-order valence-corrected chi connectivity index (χ2v) is 4.47. The van der Waals surface area contributed by atoms with Crippen LogP contribution in [0.3, 0.4) is 0 Å². The first-order valence-electron chi connectivity index (χ1n) is 5.30. The fourth-order valence-electron chi connectivity index (χ4n) is 1.31. The maximum absolute atomic E-state index is 5.55. The van der Waals surface area contributed by atoms with Crippen molar-refractivity contribution in [1.29, 1.82) is 0 Å². The predicted octanol–water partition coefficient (Wildman–Crippen LogP) is 2.93. The van der Waals surface area contributed by atoms with Crippen LogP contribution in [-0.4, -0.2) is 10.9 Å². The Kier molecular flexibility index (Phi) is 4.41. The van der Waals surface area contributed by atoms with E-state index < -0.39 is 0 Å². The molecule has 2 aromatic rings. The summed E-state index contributed by atoms with van der Waals surface area (Å²) in [6.07, 6.45) is 1.65. The van der Waals surface area contributed by atoms with Gasteiger partial charge in [0.2, 0.25) is 0 Å². The third kappa shape index (κ3) is 4.09. The molecule has 0 unspecified atom stereocenters. The van der Waals surface area contributed by atoms with Gasteiger partial charge in [-0.05, 0) is 17.7 Å². The number of rotatable bonds is 5. The molecule has 0 bridgehead atoms. The lowest BCUT2D eigenvalue weighted by molar-refractivity contribution is 0.169. The van der Waals surface area contributed by atoms with E-state index in [1.54, 1.807) is 18.0 Å². The first-order valence-corrected chi connectivity index (χ1v) is 6.29. The highest BCUT2D eigenvalue weighted by Crippen LogP contribution is 2.16. The van der Waals surface area contributed by atoms with Gasteiger partial charge in [0.1, 0.15) is 0 Å². The van der Waals surface area contributed by atoms with Crippen molar-refractivity contribution < 1.29 is 4.74 Å². The van der Waals surface area contributed by atoms with Crippen LogP contribution < -0.4 is 5.73 Å². The molecule has 17 heavy (non-hydrogen) atoms. The number of pyridine rings is 1. The fraction of sp³-hybridized carbons (Fsp3) is 0.154. The van der Waals surface area contributed by atoms with E-state index in [1.165, 1.54) is 5.56 Å². The summed E-state index contributed by atoms with van der Waals surface area (Å²) in [5, 5.41) is 0.923. The van der Waals surface area contributed by atoms with Crippen molar-refractivity contribution in [3.8, 4) is 0 Å². The van der Waals surface area contributed by atoms with E-state index in [2.05, 4.69) is 4.98 Å². The van der Waals surface area contributed by atoms with Crippen LogP contribution in [0.5, 0.6) is 0 Å². The van der Waals surface area contributed by atoms with Crippen LogP contribution in [0.4, 0.5) is 5.69 Å². The normalized spacial score (nSPS) is 10.4. The minimum absolute atomic E-state index is 0.589. The Morgan fingerprint density at radius 3 is 2.65 bits per heavy atom. The van der Waals surface area contributed by atoms with Crippen molar-refractivity contribution >= 4 is 17.4 Å². The molecule has 1 aromatic carbocycles. The van der Waals surface area contributed by atoms with Gasteiger partial charge in [0.25, 0.3) is 0 Å². The molecule has 0 radical (unpaired) electrons. The van der Waals surface area contributed by atoms with E-state index in [1.807, 2.05) is 42.5 Å². The van der Waals surface area contributed by atoms with Crippen LogP contribution in [0, 0.1) is 0 Å². The molecular formula is C13H14N2OS. The number of thioether (sulfide) groups is 1. The third-order valence-corrected chi connectivity index (χ3v) is 2.98. The number of anilines is 1. The quantitative estimate of drug-likeness (QED) is 0.500. The first kappa shape index (κ1) is 12.0. The summed E-state index contributed by atoms with van der Waals surface area (Å²) >= 11 is 1.56. The van der Waals surface area contributed by atoms with Crippen LogP contribution in [0.25, 0.3) is 0 Å². The van der Waals surface area contributed by atoms with Gasteiger partial charge in [-0.15, -0.1) is 0 Å². The molecule has 0 spiro atoms. The van der Waals surface area contributed by atoms with Crippen LogP contribution in [-0.2, 0) is 11.3 Å². The Morgan fingerprint density at radius 1 is 1.12 bits per heavy atom. The molecule has 2 N–H and O–H groups in total. The zero-order chi connectivity index (χ0) is 11.9. The largest absolute Gasteiger partial charge is 0.397 e. The van der Waals surface area contributed by atoms with Crippen LogP contribution in [0.2, 0.25) is 0 Å². The van der Waals surface area contributed by atoms with E-state index in [4.69, 9.17) is 10.5 Å². The maximum Gasteiger partial charge on any atom is 0.0986 e. The molecule has 4 heteroatoms. The Hall–Kier alpha value is -1.52. The number of nitrogens with two attached hydrogens (primary N) is 1. The number of nitrogens with zero attached hydrogens (tertiary/aromatic N) is 1. The second-order valence-electron chi connectivity index (χ2n) is 3.53. The molecule has 0 saturated heterocycles. The third-order valence-electron chi connectivity index (χ3n) is 2.16. The van der Waals surface area contributed by atoms with E-state index in [0.29, 0.717) is 18.2 Å². The number of hydrogen-bond donors (Lipinski definition) is 1. The molecule has 0 aliphatic carbocycles. The van der Waals surface area contributed by atoms with Gasteiger partial charge < -0.3 is 10.5 Å². The van der Waals surface area contributed by atoms with Crippen LogP contribution in [0.15, 0.2) is 53.7 Å². The minimum Gasteiger partial charge on any atom is -0.397 e. The van der Waals surface area contributed by atoms with Gasteiger partial charge in [-0.25, -0.2) is 4.98 Å². The van der Waals surface area contributed by atoms with E-state index in [0.717, 1.165) is 5.03 Å². The van der Waals surface area contributed by atoms with Crippen molar-refractivity contribution in [3.05, 3.63) is 54.2 Å². The smallest absolute Gasteiger partial charge is 0.0986 e. The monoisotopic (exact) mass is 246 g/mol. The average Bonchev–Trinajstić information content (AvgIpc) is 2.38.